The van der Waals surface area contributed by atoms with Crippen molar-refractivity contribution in [1.29, 1.82) is 0 Å². The Morgan fingerprint density at radius 3 is 2.50 bits per heavy atom. The average molecular weight is 274 g/mol. The molecule has 1 aromatic rings. The molecule has 4 atom stereocenters. The summed E-state index contributed by atoms with van der Waals surface area (Å²) in [5.41, 5.74) is 0.196. The van der Waals surface area contributed by atoms with Gasteiger partial charge in [0.05, 0.1) is 14.1 Å². The smallest absolute Gasteiger partial charge is 0.173 e. The van der Waals surface area contributed by atoms with Crippen LogP contribution in [0.2, 0.25) is 5.02 Å². The van der Waals surface area contributed by atoms with Crippen molar-refractivity contribution in [2.45, 2.75) is 18.5 Å². The van der Waals surface area contributed by atoms with Gasteiger partial charge < -0.3 is 20.1 Å². The van der Waals surface area contributed by atoms with E-state index in [0.717, 1.165) is 0 Å². The van der Waals surface area contributed by atoms with Crippen LogP contribution in [-0.2, 0) is 4.74 Å². The van der Waals surface area contributed by atoms with E-state index in [9.17, 15) is 15.0 Å². The zero-order valence-electron chi connectivity index (χ0n) is 10.3. The van der Waals surface area contributed by atoms with Crippen LogP contribution in [0, 0.1) is 5.92 Å². The Labute approximate surface area is 110 Å². The molecule has 1 aliphatic heterocycles. The molecule has 0 saturated carbocycles. The SMILES string of the molecule is [2H]C1(O)O[C@H](CO)[C@@H](O)[C@H]1C(=O)c1ccc(Cl)cc1. The largest absolute Gasteiger partial charge is 0.394 e. The number of carbonyl (C=O) groups is 1. The minimum Gasteiger partial charge on any atom is -0.394 e. The van der Waals surface area contributed by atoms with Gasteiger partial charge in [-0.05, 0) is 24.3 Å². The first-order valence-corrected chi connectivity index (χ1v) is 5.73. The van der Waals surface area contributed by atoms with E-state index in [4.69, 9.17) is 22.8 Å². The molecule has 0 bridgehead atoms. The molecule has 2 rings (SSSR count). The Morgan fingerprint density at radius 1 is 1.39 bits per heavy atom. The normalized spacial score (nSPS) is 36.4. The van der Waals surface area contributed by atoms with Gasteiger partial charge in [0.25, 0.3) is 0 Å². The van der Waals surface area contributed by atoms with Crippen LogP contribution in [0.3, 0.4) is 0 Å². The molecule has 0 aromatic heterocycles. The summed E-state index contributed by atoms with van der Waals surface area (Å²) < 4.78 is 12.3. The molecule has 1 heterocycles. The Kier molecular flexibility index (Phi) is 3.58. The molecule has 0 aliphatic carbocycles. The number of aliphatic hydroxyl groups is 3. The number of ketones is 1. The fraction of sp³-hybridized carbons (Fsp3) is 0.417. The molecule has 1 fully saturated rings. The topological polar surface area (TPSA) is 87.0 Å². The third-order valence-electron chi connectivity index (χ3n) is 2.85. The molecule has 1 aliphatic rings. The molecule has 5 nitrogen and oxygen atoms in total. The number of rotatable bonds is 3. The summed E-state index contributed by atoms with van der Waals surface area (Å²) in [5, 5.41) is 29.0. The Bertz CT molecular complexity index is 476. The van der Waals surface area contributed by atoms with Crippen LogP contribution in [-0.4, -0.2) is 46.2 Å². The fourth-order valence-corrected chi connectivity index (χ4v) is 1.99. The number of aliphatic hydroxyl groups excluding tert-OH is 2. The highest BCUT2D eigenvalue weighted by molar-refractivity contribution is 6.30. The predicted molar refractivity (Wildman–Crippen MR) is 63.2 cm³/mol. The van der Waals surface area contributed by atoms with E-state index in [1.165, 1.54) is 24.3 Å². The third kappa shape index (κ3) is 2.41. The Balaban J connectivity index is 2.29. The van der Waals surface area contributed by atoms with Crippen LogP contribution in [0.25, 0.3) is 0 Å². The van der Waals surface area contributed by atoms with Gasteiger partial charge in [-0.2, -0.15) is 0 Å². The van der Waals surface area contributed by atoms with Gasteiger partial charge in [0.15, 0.2) is 12.0 Å². The highest BCUT2D eigenvalue weighted by Crippen LogP contribution is 2.29. The molecule has 1 saturated heterocycles. The molecule has 98 valence electrons. The van der Waals surface area contributed by atoms with Gasteiger partial charge >= 0.3 is 0 Å². The summed E-state index contributed by atoms with van der Waals surface area (Å²) >= 11 is 5.70. The Morgan fingerprint density at radius 2 is 2.00 bits per heavy atom. The fourth-order valence-electron chi connectivity index (χ4n) is 1.87. The lowest BCUT2D eigenvalue weighted by Gasteiger charge is -2.15. The molecule has 0 spiro atoms. The summed E-state index contributed by atoms with van der Waals surface area (Å²) in [4.78, 5) is 12.2. The van der Waals surface area contributed by atoms with Crippen LogP contribution in [0.4, 0.5) is 0 Å². The number of Topliss-reactive ketones (excluding diaryl/α,β-unsaturated/α-hetero) is 1. The van der Waals surface area contributed by atoms with Crippen molar-refractivity contribution in [3.05, 3.63) is 34.9 Å². The predicted octanol–water partition coefficient (Wildman–Crippen LogP) is 0.209. The minimum atomic E-state index is -2.57. The van der Waals surface area contributed by atoms with Gasteiger partial charge in [0, 0.05) is 10.6 Å². The Hall–Kier alpha value is -0.980. The molecule has 0 amide bonds. The standard InChI is InChI=1S/C12H13ClO5/c13-7-3-1-6(2-4-7)10(15)9-11(16)8(5-14)18-12(9)17/h1-4,8-9,11-12,14,16-17H,5H2/t8-,9-,11-,12?/m1/s1/i12D. The van der Waals surface area contributed by atoms with Gasteiger partial charge in [-0.3, -0.25) is 4.79 Å². The van der Waals surface area contributed by atoms with Crippen molar-refractivity contribution in [3.8, 4) is 0 Å². The quantitative estimate of drug-likeness (QED) is 0.686. The zero-order valence-corrected chi connectivity index (χ0v) is 10.0. The van der Waals surface area contributed by atoms with Crippen LogP contribution >= 0.6 is 11.6 Å². The first-order valence-electron chi connectivity index (χ1n) is 5.85. The number of benzene rings is 1. The molecule has 1 unspecified atom stereocenters. The van der Waals surface area contributed by atoms with Gasteiger partial charge in [0.1, 0.15) is 12.0 Å². The second-order valence-electron chi connectivity index (χ2n) is 4.02. The van der Waals surface area contributed by atoms with E-state index in [-0.39, 0.29) is 5.56 Å². The van der Waals surface area contributed by atoms with E-state index < -0.39 is 36.8 Å². The van der Waals surface area contributed by atoms with Gasteiger partial charge in [-0.25, -0.2) is 0 Å². The zero-order chi connectivity index (χ0) is 14.2. The molecular formula is C12H13ClO5. The lowest BCUT2D eigenvalue weighted by Crippen LogP contribution is -2.35. The summed E-state index contributed by atoms with van der Waals surface area (Å²) in [6.07, 6.45) is -5.18. The lowest BCUT2D eigenvalue weighted by atomic mass is 9.92. The maximum atomic E-state index is 12.2. The van der Waals surface area contributed by atoms with Crippen molar-refractivity contribution in [3.63, 3.8) is 0 Å². The summed E-state index contributed by atoms with van der Waals surface area (Å²) in [6.45, 7) is -0.591. The van der Waals surface area contributed by atoms with Crippen molar-refractivity contribution < 1.29 is 26.2 Å². The van der Waals surface area contributed by atoms with Crippen molar-refractivity contribution in [1.82, 2.24) is 0 Å². The number of hydrogen-bond donors (Lipinski definition) is 3. The second kappa shape index (κ2) is 5.34. The monoisotopic (exact) mass is 273 g/mol. The molecule has 3 N–H and O–H groups in total. The molecular weight excluding hydrogens is 260 g/mol. The highest BCUT2D eigenvalue weighted by atomic mass is 35.5. The number of ether oxygens (including phenoxy) is 1. The van der Waals surface area contributed by atoms with Crippen LogP contribution in [0.1, 0.15) is 11.7 Å². The molecule has 1 aromatic carbocycles. The molecule has 18 heavy (non-hydrogen) atoms. The van der Waals surface area contributed by atoms with Crippen molar-refractivity contribution in [2.24, 2.45) is 5.92 Å². The van der Waals surface area contributed by atoms with Gasteiger partial charge in [0.2, 0.25) is 0 Å². The number of halogens is 1. The minimum absolute atomic E-state index is 0.196. The van der Waals surface area contributed by atoms with E-state index >= 15 is 0 Å². The van der Waals surface area contributed by atoms with E-state index in [2.05, 4.69) is 0 Å². The van der Waals surface area contributed by atoms with Crippen LogP contribution in [0.5, 0.6) is 0 Å². The summed E-state index contributed by atoms with van der Waals surface area (Å²) in [5.74, 6) is -2.12. The molecule has 0 radical (unpaired) electrons. The maximum absolute atomic E-state index is 12.2. The number of carbonyl (C=O) groups excluding carboxylic acids is 1. The first kappa shape index (κ1) is 12.1. The van der Waals surface area contributed by atoms with E-state index in [1.54, 1.807) is 0 Å². The van der Waals surface area contributed by atoms with Crippen molar-refractivity contribution >= 4 is 17.4 Å². The van der Waals surface area contributed by atoms with Crippen molar-refractivity contribution in [2.75, 3.05) is 6.61 Å². The first-order chi connectivity index (χ1) is 8.86. The average Bonchev–Trinajstić information content (AvgIpc) is 2.59. The van der Waals surface area contributed by atoms with Crippen LogP contribution < -0.4 is 0 Å². The second-order valence-corrected chi connectivity index (χ2v) is 4.45. The van der Waals surface area contributed by atoms with Gasteiger partial charge in [-0.15, -0.1) is 0 Å². The van der Waals surface area contributed by atoms with Gasteiger partial charge in [-0.1, -0.05) is 11.6 Å². The maximum Gasteiger partial charge on any atom is 0.173 e. The van der Waals surface area contributed by atoms with Crippen LogP contribution in [0.15, 0.2) is 24.3 Å². The highest BCUT2D eigenvalue weighted by Gasteiger charge is 2.46. The summed E-state index contributed by atoms with van der Waals surface area (Å²) in [7, 11) is 0. The van der Waals surface area contributed by atoms with E-state index in [0.29, 0.717) is 5.02 Å². The van der Waals surface area contributed by atoms with E-state index in [1.807, 2.05) is 0 Å². The molecule has 6 heteroatoms. The summed E-state index contributed by atoms with van der Waals surface area (Å²) in [6, 6.07) is 5.84. The lowest BCUT2D eigenvalue weighted by molar-refractivity contribution is -0.114. The third-order valence-corrected chi connectivity index (χ3v) is 3.10. The number of hydrogen-bond acceptors (Lipinski definition) is 5.